The fraction of sp³-hybridized carbons (Fsp3) is 0.269. The predicted octanol–water partition coefficient (Wildman–Crippen LogP) is 4.64. The molecule has 1 aliphatic heterocycles. The predicted molar refractivity (Wildman–Crippen MR) is 128 cm³/mol. The quantitative estimate of drug-likeness (QED) is 0.514. The molecular formula is C26H26N4O3. The molecule has 7 nitrogen and oxygen atoms in total. The lowest BCUT2D eigenvalue weighted by atomic mass is 9.89. The van der Waals surface area contributed by atoms with Gasteiger partial charge in [-0.2, -0.15) is 0 Å². The summed E-state index contributed by atoms with van der Waals surface area (Å²) in [6.07, 6.45) is 5.67. The highest BCUT2D eigenvalue weighted by Crippen LogP contribution is 2.41. The molecule has 0 spiro atoms. The van der Waals surface area contributed by atoms with Crippen LogP contribution in [-0.4, -0.2) is 22.7 Å². The molecule has 1 aromatic heterocycles. The largest absolute Gasteiger partial charge is 0.364 e. The molecule has 3 amide bonds. The van der Waals surface area contributed by atoms with Crippen molar-refractivity contribution in [3.63, 3.8) is 0 Å². The van der Waals surface area contributed by atoms with Gasteiger partial charge in [0.25, 0.3) is 0 Å². The van der Waals surface area contributed by atoms with Crippen LogP contribution in [0.25, 0.3) is 0 Å². The Labute approximate surface area is 192 Å². The van der Waals surface area contributed by atoms with Crippen molar-refractivity contribution in [2.24, 2.45) is 0 Å². The van der Waals surface area contributed by atoms with Crippen LogP contribution in [0.2, 0.25) is 0 Å². The summed E-state index contributed by atoms with van der Waals surface area (Å²) in [6, 6.07) is 14.9. The molecule has 7 heteroatoms. The SMILES string of the molecule is CC(C(=O)Nc1ccc(N2C(=O)CC(=O)Nc3c2ccc2c3CCCC2)cc1)c1ccc[nH]1. The van der Waals surface area contributed by atoms with Crippen molar-refractivity contribution >= 4 is 40.5 Å². The Morgan fingerprint density at radius 1 is 1.03 bits per heavy atom. The normalized spacial score (nSPS) is 16.3. The average molecular weight is 443 g/mol. The van der Waals surface area contributed by atoms with Crippen LogP contribution >= 0.6 is 0 Å². The van der Waals surface area contributed by atoms with E-state index in [2.05, 4.69) is 21.7 Å². The number of nitrogens with one attached hydrogen (secondary N) is 3. The molecule has 168 valence electrons. The zero-order valence-corrected chi connectivity index (χ0v) is 18.5. The lowest BCUT2D eigenvalue weighted by molar-refractivity contribution is -0.124. The Balaban J connectivity index is 1.44. The zero-order valence-electron chi connectivity index (χ0n) is 18.5. The molecule has 33 heavy (non-hydrogen) atoms. The van der Waals surface area contributed by atoms with Gasteiger partial charge < -0.3 is 15.6 Å². The Hall–Kier alpha value is -3.87. The summed E-state index contributed by atoms with van der Waals surface area (Å²) in [5, 5.41) is 5.90. The van der Waals surface area contributed by atoms with Gasteiger partial charge in [0.2, 0.25) is 17.7 Å². The topological polar surface area (TPSA) is 94.3 Å². The highest BCUT2D eigenvalue weighted by atomic mass is 16.2. The molecule has 2 aromatic carbocycles. The molecule has 1 atom stereocenters. The van der Waals surface area contributed by atoms with Gasteiger partial charge in [-0.1, -0.05) is 6.07 Å². The molecule has 1 unspecified atom stereocenters. The Kier molecular flexibility index (Phi) is 5.46. The van der Waals surface area contributed by atoms with Crippen LogP contribution in [0.15, 0.2) is 54.7 Å². The van der Waals surface area contributed by atoms with E-state index < -0.39 is 0 Å². The number of benzene rings is 2. The minimum Gasteiger partial charge on any atom is -0.364 e. The second-order valence-corrected chi connectivity index (χ2v) is 8.64. The maximum absolute atomic E-state index is 13.0. The molecule has 0 saturated carbocycles. The van der Waals surface area contributed by atoms with Crippen LogP contribution in [0.3, 0.4) is 0 Å². The number of nitrogens with zero attached hydrogens (tertiary/aromatic N) is 1. The first-order valence-corrected chi connectivity index (χ1v) is 11.3. The van der Waals surface area contributed by atoms with Gasteiger partial charge in [0, 0.05) is 23.3 Å². The van der Waals surface area contributed by atoms with Crippen molar-refractivity contribution in [1.29, 1.82) is 0 Å². The molecule has 1 aliphatic carbocycles. The summed E-state index contributed by atoms with van der Waals surface area (Å²) >= 11 is 0. The number of carbonyl (C=O) groups is 3. The molecule has 0 radical (unpaired) electrons. The van der Waals surface area contributed by atoms with E-state index in [1.54, 1.807) is 35.4 Å². The van der Waals surface area contributed by atoms with Gasteiger partial charge in [-0.3, -0.25) is 19.3 Å². The monoisotopic (exact) mass is 442 g/mol. The lowest BCUT2D eigenvalue weighted by Crippen LogP contribution is -2.26. The maximum Gasteiger partial charge on any atom is 0.241 e. The van der Waals surface area contributed by atoms with Crippen molar-refractivity contribution in [2.75, 3.05) is 15.5 Å². The first kappa shape index (κ1) is 21.0. The molecule has 0 saturated heterocycles. The van der Waals surface area contributed by atoms with E-state index >= 15 is 0 Å². The zero-order chi connectivity index (χ0) is 22.9. The van der Waals surface area contributed by atoms with Crippen molar-refractivity contribution in [3.05, 3.63) is 71.5 Å². The standard InChI is InChI=1S/C26H26N4O3/c1-16(21-7-4-14-27-21)26(33)28-18-9-11-19(12-10-18)30-22-13-8-17-5-2-3-6-20(17)25(22)29-23(31)15-24(30)32/h4,7-14,16,27H,2-3,5-6,15H2,1H3,(H,28,33)(H,29,31). The number of anilines is 4. The molecule has 2 aliphatic rings. The smallest absolute Gasteiger partial charge is 0.241 e. The van der Waals surface area contributed by atoms with Gasteiger partial charge in [0.1, 0.15) is 6.42 Å². The van der Waals surface area contributed by atoms with E-state index in [4.69, 9.17) is 0 Å². The summed E-state index contributed by atoms with van der Waals surface area (Å²) in [7, 11) is 0. The van der Waals surface area contributed by atoms with Crippen molar-refractivity contribution in [2.45, 2.75) is 44.9 Å². The number of H-pyrrole nitrogens is 1. The van der Waals surface area contributed by atoms with Crippen molar-refractivity contribution in [3.8, 4) is 0 Å². The average Bonchev–Trinajstić information content (AvgIpc) is 3.31. The fourth-order valence-electron chi connectivity index (χ4n) is 4.66. The maximum atomic E-state index is 13.0. The van der Waals surface area contributed by atoms with E-state index in [1.807, 2.05) is 25.1 Å². The van der Waals surface area contributed by atoms with Gasteiger partial charge in [0.15, 0.2) is 0 Å². The van der Waals surface area contributed by atoms with E-state index in [0.717, 1.165) is 42.6 Å². The van der Waals surface area contributed by atoms with Crippen LogP contribution in [-0.2, 0) is 27.2 Å². The molecule has 0 bridgehead atoms. The molecule has 3 aromatic rings. The molecule has 3 N–H and O–H groups in total. The minimum atomic E-state index is -0.318. The fourth-order valence-corrected chi connectivity index (χ4v) is 4.66. The second kappa shape index (κ2) is 8.58. The van der Waals surface area contributed by atoms with Gasteiger partial charge >= 0.3 is 0 Å². The number of hydrogen-bond acceptors (Lipinski definition) is 3. The van der Waals surface area contributed by atoms with Crippen LogP contribution in [0, 0.1) is 0 Å². The van der Waals surface area contributed by atoms with Crippen LogP contribution in [0.4, 0.5) is 22.7 Å². The highest BCUT2D eigenvalue weighted by Gasteiger charge is 2.30. The summed E-state index contributed by atoms with van der Waals surface area (Å²) in [4.78, 5) is 42.7. The van der Waals surface area contributed by atoms with Crippen molar-refractivity contribution < 1.29 is 14.4 Å². The highest BCUT2D eigenvalue weighted by molar-refractivity contribution is 6.17. The number of hydrogen-bond donors (Lipinski definition) is 3. The Morgan fingerprint density at radius 2 is 1.82 bits per heavy atom. The third-order valence-corrected chi connectivity index (χ3v) is 6.45. The Morgan fingerprint density at radius 3 is 2.58 bits per heavy atom. The molecule has 5 rings (SSSR count). The van der Waals surface area contributed by atoms with E-state index in [9.17, 15) is 14.4 Å². The van der Waals surface area contributed by atoms with Gasteiger partial charge in [-0.25, -0.2) is 0 Å². The van der Waals surface area contributed by atoms with E-state index in [0.29, 0.717) is 17.1 Å². The summed E-state index contributed by atoms with van der Waals surface area (Å²) in [5.74, 6) is -1.01. The number of aromatic amines is 1. The number of aryl methyl sites for hydroxylation is 1. The van der Waals surface area contributed by atoms with Crippen LogP contribution < -0.4 is 15.5 Å². The third kappa shape index (κ3) is 4.02. The first-order chi connectivity index (χ1) is 16.0. The summed E-state index contributed by atoms with van der Waals surface area (Å²) in [6.45, 7) is 1.84. The second-order valence-electron chi connectivity index (χ2n) is 8.64. The molecular weight excluding hydrogens is 416 g/mol. The summed E-state index contributed by atoms with van der Waals surface area (Å²) in [5.41, 5.74) is 5.96. The van der Waals surface area contributed by atoms with Gasteiger partial charge in [-0.05, 0) is 86.2 Å². The van der Waals surface area contributed by atoms with Crippen LogP contribution in [0.5, 0.6) is 0 Å². The number of fused-ring (bicyclic) bond motifs is 3. The van der Waals surface area contributed by atoms with Gasteiger partial charge in [0.05, 0.1) is 17.3 Å². The van der Waals surface area contributed by atoms with Gasteiger partial charge in [-0.15, -0.1) is 0 Å². The first-order valence-electron chi connectivity index (χ1n) is 11.3. The number of carbonyl (C=O) groups excluding carboxylic acids is 3. The minimum absolute atomic E-state index is 0.122. The number of rotatable bonds is 4. The molecule has 2 heterocycles. The summed E-state index contributed by atoms with van der Waals surface area (Å²) < 4.78 is 0. The lowest BCUT2D eigenvalue weighted by Gasteiger charge is -2.26. The number of aromatic nitrogens is 1. The van der Waals surface area contributed by atoms with Crippen molar-refractivity contribution in [1.82, 2.24) is 4.98 Å². The van der Waals surface area contributed by atoms with Crippen LogP contribution in [0.1, 0.15) is 48.9 Å². The van der Waals surface area contributed by atoms with E-state index in [-0.39, 0.29) is 30.1 Å². The number of amides is 3. The molecule has 0 fully saturated rings. The Bertz CT molecular complexity index is 1220. The third-order valence-electron chi connectivity index (χ3n) is 6.45. The van der Waals surface area contributed by atoms with E-state index in [1.165, 1.54) is 5.56 Å².